The van der Waals surface area contributed by atoms with Crippen LogP contribution in [0, 0.1) is 5.82 Å². The molecule has 2 atom stereocenters. The van der Waals surface area contributed by atoms with Gasteiger partial charge in [-0.1, -0.05) is 42.5 Å². The van der Waals surface area contributed by atoms with Crippen molar-refractivity contribution in [1.82, 2.24) is 9.21 Å². The second-order valence-corrected chi connectivity index (χ2v) is 13.5. The Labute approximate surface area is 226 Å². The average Bonchev–Trinajstić information content (AvgIpc) is 2.86. The predicted octanol–water partition coefficient (Wildman–Crippen LogP) is 5.75. The molecular weight excluding hydrogens is 507 g/mol. The van der Waals surface area contributed by atoms with Crippen LogP contribution in [0.4, 0.5) is 9.18 Å². The van der Waals surface area contributed by atoms with E-state index >= 15 is 4.39 Å². The van der Waals surface area contributed by atoms with Crippen LogP contribution in [-0.2, 0) is 31.6 Å². The third-order valence-corrected chi connectivity index (χ3v) is 10.1. The molecule has 2 saturated heterocycles. The summed E-state index contributed by atoms with van der Waals surface area (Å²) in [4.78, 5) is 14.1. The van der Waals surface area contributed by atoms with Gasteiger partial charge in [-0.15, -0.1) is 0 Å². The van der Waals surface area contributed by atoms with E-state index in [9.17, 15) is 13.2 Å². The molecule has 4 rings (SSSR count). The van der Waals surface area contributed by atoms with E-state index < -0.39 is 32.3 Å². The van der Waals surface area contributed by atoms with Crippen molar-refractivity contribution in [2.45, 2.75) is 82.4 Å². The van der Waals surface area contributed by atoms with Crippen LogP contribution >= 0.6 is 0 Å². The number of ether oxygens (including phenoxy) is 2. The molecule has 7 nitrogen and oxygen atoms in total. The molecule has 208 valence electrons. The second kappa shape index (κ2) is 10.9. The van der Waals surface area contributed by atoms with Crippen LogP contribution in [0.3, 0.4) is 0 Å². The van der Waals surface area contributed by atoms with Gasteiger partial charge in [-0.05, 0) is 70.6 Å². The highest BCUT2D eigenvalue weighted by Gasteiger charge is 2.42. The maximum Gasteiger partial charge on any atom is 0.410 e. The Kier molecular flexibility index (Phi) is 8.21. The number of rotatable bonds is 5. The van der Waals surface area contributed by atoms with Gasteiger partial charge in [-0.2, -0.15) is 4.31 Å². The molecule has 0 aliphatic carbocycles. The van der Waals surface area contributed by atoms with Crippen LogP contribution in [0.25, 0.3) is 0 Å². The summed E-state index contributed by atoms with van der Waals surface area (Å²) in [6.45, 7) is 8.20. The van der Waals surface area contributed by atoms with Gasteiger partial charge in [-0.25, -0.2) is 17.6 Å². The highest BCUT2D eigenvalue weighted by atomic mass is 32.2. The minimum absolute atomic E-state index is 0.0225. The normalized spacial score (nSPS) is 23.7. The van der Waals surface area contributed by atoms with E-state index in [1.807, 2.05) is 64.1 Å². The van der Waals surface area contributed by atoms with Gasteiger partial charge >= 0.3 is 6.09 Å². The number of sulfonamides is 1. The molecule has 0 unspecified atom stereocenters. The van der Waals surface area contributed by atoms with Crippen molar-refractivity contribution >= 4 is 16.1 Å². The SMILES string of the molecule is COC1(c2ccc(CN3[C@@H](C)CC[C@H](c4ccccc4)S3(=O)=O)c(F)c2)CCN(C(=O)OC(C)(C)C)CC1. The Bertz CT molecular complexity index is 1240. The van der Waals surface area contributed by atoms with Crippen LogP contribution in [0.2, 0.25) is 0 Å². The Hall–Kier alpha value is -2.49. The van der Waals surface area contributed by atoms with Crippen molar-refractivity contribution in [1.29, 1.82) is 0 Å². The standard InChI is InChI=1S/C29H39FN2O5S/c1-21-11-14-26(22-9-7-6-8-10-22)38(34,35)32(21)20-23-12-13-24(19-25(23)30)29(36-5)15-17-31(18-16-29)27(33)37-28(2,3)4/h6-10,12-13,19,21,26H,11,14-18,20H2,1-5H3/t21-,26+/m0/s1. The van der Waals surface area contributed by atoms with E-state index in [1.165, 1.54) is 10.4 Å². The van der Waals surface area contributed by atoms with Crippen molar-refractivity contribution in [2.24, 2.45) is 0 Å². The Morgan fingerprint density at radius 2 is 1.74 bits per heavy atom. The lowest BCUT2D eigenvalue weighted by molar-refractivity contribution is -0.0652. The van der Waals surface area contributed by atoms with Gasteiger partial charge in [0.15, 0.2) is 0 Å². The van der Waals surface area contributed by atoms with Crippen molar-refractivity contribution in [3.63, 3.8) is 0 Å². The van der Waals surface area contributed by atoms with E-state index in [4.69, 9.17) is 9.47 Å². The molecule has 2 fully saturated rings. The molecule has 2 aliphatic heterocycles. The number of carbonyl (C=O) groups excluding carboxylic acids is 1. The first-order valence-electron chi connectivity index (χ1n) is 13.2. The lowest BCUT2D eigenvalue weighted by Gasteiger charge is -2.41. The van der Waals surface area contributed by atoms with E-state index in [0.717, 1.165) is 5.56 Å². The van der Waals surface area contributed by atoms with Gasteiger partial charge in [0.1, 0.15) is 16.7 Å². The Morgan fingerprint density at radius 1 is 1.08 bits per heavy atom. The zero-order valence-corrected chi connectivity index (χ0v) is 23.8. The number of halogens is 1. The first-order valence-corrected chi connectivity index (χ1v) is 14.7. The summed E-state index contributed by atoms with van der Waals surface area (Å²) in [6.07, 6.45) is 1.88. The maximum absolute atomic E-state index is 15.5. The zero-order valence-electron chi connectivity index (χ0n) is 22.9. The fraction of sp³-hybridized carbons (Fsp3) is 0.552. The lowest BCUT2D eigenvalue weighted by Crippen LogP contribution is -2.47. The van der Waals surface area contributed by atoms with E-state index in [1.54, 1.807) is 18.1 Å². The molecule has 1 amide bonds. The highest BCUT2D eigenvalue weighted by molar-refractivity contribution is 7.89. The second-order valence-electron chi connectivity index (χ2n) is 11.4. The van der Waals surface area contributed by atoms with Crippen LogP contribution in [0.1, 0.15) is 75.3 Å². The van der Waals surface area contributed by atoms with Gasteiger partial charge < -0.3 is 14.4 Å². The molecule has 2 aromatic carbocycles. The number of piperidine rings is 1. The average molecular weight is 547 g/mol. The molecule has 2 heterocycles. The van der Waals surface area contributed by atoms with Crippen molar-refractivity contribution in [3.8, 4) is 0 Å². The molecule has 0 radical (unpaired) electrons. The summed E-state index contributed by atoms with van der Waals surface area (Å²) in [5, 5.41) is -0.630. The summed E-state index contributed by atoms with van der Waals surface area (Å²) in [6, 6.07) is 13.9. The topological polar surface area (TPSA) is 76.2 Å². The number of likely N-dealkylation sites (tertiary alicyclic amines) is 1. The summed E-state index contributed by atoms with van der Waals surface area (Å²) in [5.41, 5.74) is 0.463. The fourth-order valence-electron chi connectivity index (χ4n) is 5.47. The molecule has 0 saturated carbocycles. The minimum Gasteiger partial charge on any atom is -0.444 e. The number of nitrogens with zero attached hydrogens (tertiary/aromatic N) is 2. The molecule has 0 N–H and O–H groups in total. The number of amides is 1. The molecule has 9 heteroatoms. The number of methoxy groups -OCH3 is 1. The van der Waals surface area contributed by atoms with Crippen molar-refractivity contribution < 1.29 is 27.1 Å². The smallest absolute Gasteiger partial charge is 0.410 e. The van der Waals surface area contributed by atoms with Gasteiger partial charge in [0.2, 0.25) is 10.0 Å². The van der Waals surface area contributed by atoms with E-state index in [2.05, 4.69) is 0 Å². The maximum atomic E-state index is 15.5. The first kappa shape index (κ1) is 28.5. The third kappa shape index (κ3) is 5.90. The molecule has 0 aromatic heterocycles. The summed E-state index contributed by atoms with van der Waals surface area (Å²) < 4.78 is 55.5. The molecule has 0 spiro atoms. The predicted molar refractivity (Wildman–Crippen MR) is 144 cm³/mol. The number of hydrogen-bond acceptors (Lipinski definition) is 5. The Balaban J connectivity index is 1.51. The van der Waals surface area contributed by atoms with Crippen LogP contribution < -0.4 is 0 Å². The van der Waals surface area contributed by atoms with Crippen LogP contribution in [-0.4, -0.2) is 55.6 Å². The zero-order chi connectivity index (χ0) is 27.7. The van der Waals surface area contributed by atoms with Crippen molar-refractivity contribution in [3.05, 3.63) is 71.0 Å². The quantitative estimate of drug-likeness (QED) is 0.477. The largest absolute Gasteiger partial charge is 0.444 e. The summed E-state index contributed by atoms with van der Waals surface area (Å²) in [5.74, 6) is -0.460. The van der Waals surface area contributed by atoms with E-state index in [-0.39, 0.29) is 18.7 Å². The number of benzene rings is 2. The Morgan fingerprint density at radius 3 is 2.32 bits per heavy atom. The summed E-state index contributed by atoms with van der Waals surface area (Å²) in [7, 11) is -2.07. The van der Waals surface area contributed by atoms with Gasteiger partial charge in [0.25, 0.3) is 0 Å². The van der Waals surface area contributed by atoms with Crippen LogP contribution in [0.15, 0.2) is 48.5 Å². The van der Waals surface area contributed by atoms with Gasteiger partial charge in [-0.3, -0.25) is 0 Å². The third-order valence-electron chi connectivity index (χ3n) is 7.71. The van der Waals surface area contributed by atoms with Crippen LogP contribution in [0.5, 0.6) is 0 Å². The van der Waals surface area contributed by atoms with E-state index in [0.29, 0.717) is 49.9 Å². The molecular formula is C29H39FN2O5S. The van der Waals surface area contributed by atoms with Gasteiger partial charge in [0.05, 0.1) is 5.60 Å². The fourth-order valence-corrected chi connectivity index (χ4v) is 7.65. The molecule has 38 heavy (non-hydrogen) atoms. The lowest BCUT2D eigenvalue weighted by atomic mass is 9.83. The minimum atomic E-state index is -3.66. The number of hydrogen-bond donors (Lipinski definition) is 0. The monoisotopic (exact) mass is 546 g/mol. The van der Waals surface area contributed by atoms with Crippen molar-refractivity contribution in [2.75, 3.05) is 20.2 Å². The molecule has 2 aromatic rings. The first-order chi connectivity index (χ1) is 17.9. The summed E-state index contributed by atoms with van der Waals surface area (Å²) >= 11 is 0. The molecule has 2 aliphatic rings. The number of carbonyl (C=O) groups is 1. The molecule has 0 bridgehead atoms. The highest BCUT2D eigenvalue weighted by Crippen LogP contribution is 2.40. The van der Waals surface area contributed by atoms with Gasteiger partial charge in [0, 0.05) is 38.3 Å².